The van der Waals surface area contributed by atoms with Gasteiger partial charge in [0.05, 0.1) is 0 Å². The van der Waals surface area contributed by atoms with E-state index in [9.17, 15) is 4.79 Å². The first kappa shape index (κ1) is 10.7. The summed E-state index contributed by atoms with van der Waals surface area (Å²) < 4.78 is 0. The molecule has 0 bridgehead atoms. The number of amidine groups is 1. The van der Waals surface area contributed by atoms with Gasteiger partial charge in [-0.3, -0.25) is 10.2 Å². The largest absolute Gasteiger partial charge is 0.366 e. The Labute approximate surface area is 94.6 Å². The lowest BCUT2D eigenvalue weighted by molar-refractivity contribution is 0.100. The highest BCUT2D eigenvalue weighted by Gasteiger charge is 2.16. The molecule has 0 radical (unpaired) electrons. The number of benzene rings is 1. The number of hydrogen-bond acceptors (Lipinski definition) is 2. The zero-order chi connectivity index (χ0) is 11.5. The maximum Gasteiger partial charge on any atom is 0.248 e. The summed E-state index contributed by atoms with van der Waals surface area (Å²) in [4.78, 5) is 12.9. The minimum absolute atomic E-state index is 0.416. The molecule has 0 spiro atoms. The summed E-state index contributed by atoms with van der Waals surface area (Å²) in [5.41, 5.74) is 6.65. The molecule has 1 aliphatic rings. The predicted molar refractivity (Wildman–Crippen MR) is 63.9 cm³/mol. The van der Waals surface area contributed by atoms with E-state index < -0.39 is 5.91 Å². The summed E-state index contributed by atoms with van der Waals surface area (Å²) in [6.07, 6.45) is 3.03. The number of anilines is 1. The van der Waals surface area contributed by atoms with Crippen LogP contribution in [0.1, 0.15) is 29.6 Å². The fraction of sp³-hybridized carbons (Fsp3) is 0.333. The van der Waals surface area contributed by atoms with Crippen molar-refractivity contribution in [1.82, 2.24) is 0 Å². The van der Waals surface area contributed by atoms with Gasteiger partial charge in [0.1, 0.15) is 5.84 Å². The molecule has 2 rings (SSSR count). The molecule has 1 heterocycles. The maximum atomic E-state index is 10.9. The fourth-order valence-electron chi connectivity index (χ4n) is 1.92. The molecule has 0 aliphatic carbocycles. The second-order valence-corrected chi connectivity index (χ2v) is 3.97. The standard InChI is InChI=1S/C12H15N3O/c13-11-3-1-2-8-15(11)10-6-4-9(5-7-10)12(14)16/h4-7,13H,1-3,8H2,(H2,14,16). The monoisotopic (exact) mass is 217 g/mol. The molecular formula is C12H15N3O. The molecule has 4 nitrogen and oxygen atoms in total. The third kappa shape index (κ3) is 2.05. The van der Waals surface area contributed by atoms with Crippen molar-refractivity contribution < 1.29 is 4.79 Å². The SMILES string of the molecule is N=C1CCCCN1c1ccc(C(N)=O)cc1. The Kier molecular flexibility index (Phi) is 2.90. The lowest BCUT2D eigenvalue weighted by Gasteiger charge is -2.29. The van der Waals surface area contributed by atoms with Gasteiger partial charge in [0.2, 0.25) is 5.91 Å². The molecule has 1 amide bonds. The number of piperidine rings is 1. The minimum Gasteiger partial charge on any atom is -0.366 e. The molecular weight excluding hydrogens is 202 g/mol. The van der Waals surface area contributed by atoms with E-state index in [0.29, 0.717) is 11.4 Å². The number of primary amides is 1. The van der Waals surface area contributed by atoms with E-state index >= 15 is 0 Å². The van der Waals surface area contributed by atoms with Crippen molar-refractivity contribution in [2.45, 2.75) is 19.3 Å². The van der Waals surface area contributed by atoms with Gasteiger partial charge in [0, 0.05) is 24.2 Å². The van der Waals surface area contributed by atoms with Crippen LogP contribution in [0.2, 0.25) is 0 Å². The van der Waals surface area contributed by atoms with E-state index in [1.165, 1.54) is 0 Å². The molecule has 4 heteroatoms. The van der Waals surface area contributed by atoms with E-state index in [2.05, 4.69) is 0 Å². The molecule has 0 unspecified atom stereocenters. The summed E-state index contributed by atoms with van der Waals surface area (Å²) >= 11 is 0. The minimum atomic E-state index is -0.416. The molecule has 1 aliphatic heterocycles. The van der Waals surface area contributed by atoms with Crippen LogP contribution in [0.3, 0.4) is 0 Å². The lowest BCUT2D eigenvalue weighted by Crippen LogP contribution is -2.34. The van der Waals surface area contributed by atoms with E-state index in [1.807, 2.05) is 17.0 Å². The van der Waals surface area contributed by atoms with Crippen molar-refractivity contribution >= 4 is 17.4 Å². The highest BCUT2D eigenvalue weighted by molar-refractivity contribution is 5.97. The van der Waals surface area contributed by atoms with Crippen LogP contribution < -0.4 is 10.6 Å². The van der Waals surface area contributed by atoms with Gasteiger partial charge in [-0.15, -0.1) is 0 Å². The van der Waals surface area contributed by atoms with Crippen LogP contribution in [0.25, 0.3) is 0 Å². The maximum absolute atomic E-state index is 10.9. The van der Waals surface area contributed by atoms with Crippen molar-refractivity contribution in [3.63, 3.8) is 0 Å². The van der Waals surface area contributed by atoms with Crippen molar-refractivity contribution in [3.8, 4) is 0 Å². The predicted octanol–water partition coefficient (Wildman–Crippen LogP) is 1.75. The Morgan fingerprint density at radius 2 is 1.94 bits per heavy atom. The molecule has 0 saturated carbocycles. The molecule has 1 aromatic rings. The van der Waals surface area contributed by atoms with Gasteiger partial charge in [0.15, 0.2) is 0 Å². The van der Waals surface area contributed by atoms with Gasteiger partial charge in [-0.2, -0.15) is 0 Å². The number of carbonyl (C=O) groups excluding carboxylic acids is 1. The lowest BCUT2D eigenvalue weighted by atomic mass is 10.1. The molecule has 1 fully saturated rings. The van der Waals surface area contributed by atoms with Crippen LogP contribution in [-0.2, 0) is 0 Å². The van der Waals surface area contributed by atoms with Crippen LogP contribution >= 0.6 is 0 Å². The summed E-state index contributed by atoms with van der Waals surface area (Å²) in [5.74, 6) is 0.235. The average Bonchev–Trinajstić information content (AvgIpc) is 2.30. The van der Waals surface area contributed by atoms with Crippen molar-refractivity contribution in [2.24, 2.45) is 5.73 Å². The number of carbonyl (C=O) groups is 1. The van der Waals surface area contributed by atoms with E-state index in [-0.39, 0.29) is 0 Å². The summed E-state index contributed by atoms with van der Waals surface area (Å²) in [5, 5.41) is 7.86. The van der Waals surface area contributed by atoms with Gasteiger partial charge in [-0.25, -0.2) is 0 Å². The third-order valence-electron chi connectivity index (χ3n) is 2.83. The second-order valence-electron chi connectivity index (χ2n) is 3.97. The molecule has 1 aromatic carbocycles. The van der Waals surface area contributed by atoms with Gasteiger partial charge in [-0.05, 0) is 37.1 Å². The van der Waals surface area contributed by atoms with E-state index in [4.69, 9.17) is 11.1 Å². The molecule has 1 saturated heterocycles. The second kappa shape index (κ2) is 4.35. The summed E-state index contributed by atoms with van der Waals surface area (Å²) in [6, 6.07) is 7.11. The summed E-state index contributed by atoms with van der Waals surface area (Å²) in [6.45, 7) is 0.884. The van der Waals surface area contributed by atoms with Crippen LogP contribution in [0, 0.1) is 5.41 Å². The van der Waals surface area contributed by atoms with Crippen LogP contribution in [0.4, 0.5) is 5.69 Å². The normalized spacial score (nSPS) is 16.2. The van der Waals surface area contributed by atoms with Gasteiger partial charge < -0.3 is 10.6 Å². The Balaban J connectivity index is 2.20. The number of nitrogens with zero attached hydrogens (tertiary/aromatic N) is 1. The van der Waals surface area contributed by atoms with Gasteiger partial charge in [-0.1, -0.05) is 0 Å². The van der Waals surface area contributed by atoms with Crippen molar-refractivity contribution in [2.75, 3.05) is 11.4 Å². The highest BCUT2D eigenvalue weighted by atomic mass is 16.1. The van der Waals surface area contributed by atoms with Crippen LogP contribution in [0.5, 0.6) is 0 Å². The Hall–Kier alpha value is -1.84. The van der Waals surface area contributed by atoms with Gasteiger partial charge in [0.25, 0.3) is 0 Å². The van der Waals surface area contributed by atoms with Gasteiger partial charge >= 0.3 is 0 Å². The first-order valence-corrected chi connectivity index (χ1v) is 5.43. The molecule has 0 aromatic heterocycles. The number of amides is 1. The Bertz CT molecular complexity index is 411. The Morgan fingerprint density at radius 3 is 2.50 bits per heavy atom. The number of nitrogens with two attached hydrogens (primary N) is 1. The molecule has 0 atom stereocenters. The fourth-order valence-corrected chi connectivity index (χ4v) is 1.92. The van der Waals surface area contributed by atoms with E-state index in [0.717, 1.165) is 31.5 Å². The molecule has 3 N–H and O–H groups in total. The number of hydrogen-bond donors (Lipinski definition) is 2. The topological polar surface area (TPSA) is 70.2 Å². The molecule has 16 heavy (non-hydrogen) atoms. The smallest absolute Gasteiger partial charge is 0.248 e. The van der Waals surface area contributed by atoms with Crippen molar-refractivity contribution in [1.29, 1.82) is 5.41 Å². The number of rotatable bonds is 2. The number of nitrogens with one attached hydrogen (secondary N) is 1. The zero-order valence-electron chi connectivity index (χ0n) is 9.07. The van der Waals surface area contributed by atoms with Crippen molar-refractivity contribution in [3.05, 3.63) is 29.8 Å². The first-order chi connectivity index (χ1) is 7.68. The van der Waals surface area contributed by atoms with Crippen LogP contribution in [0.15, 0.2) is 24.3 Å². The zero-order valence-corrected chi connectivity index (χ0v) is 9.07. The molecule has 84 valence electrons. The highest BCUT2D eigenvalue weighted by Crippen LogP contribution is 2.21. The third-order valence-corrected chi connectivity index (χ3v) is 2.83. The van der Waals surface area contributed by atoms with E-state index in [1.54, 1.807) is 12.1 Å². The Morgan fingerprint density at radius 1 is 1.25 bits per heavy atom. The quantitative estimate of drug-likeness (QED) is 0.792. The van der Waals surface area contributed by atoms with Crippen LogP contribution in [-0.4, -0.2) is 18.3 Å². The average molecular weight is 217 g/mol. The first-order valence-electron chi connectivity index (χ1n) is 5.43. The summed E-state index contributed by atoms with van der Waals surface area (Å²) in [7, 11) is 0.